The zero-order valence-corrected chi connectivity index (χ0v) is 8.80. The second-order valence-corrected chi connectivity index (χ2v) is 3.50. The van der Waals surface area contributed by atoms with Gasteiger partial charge in [-0.15, -0.1) is 0 Å². The SMILES string of the molecule is CCC(CN)CC(=O)NCC(F)(F)CO. The molecule has 0 aromatic heterocycles. The van der Waals surface area contributed by atoms with Gasteiger partial charge in [0.1, 0.15) is 6.61 Å². The molecule has 0 radical (unpaired) electrons. The predicted molar refractivity (Wildman–Crippen MR) is 52.5 cm³/mol. The van der Waals surface area contributed by atoms with Crippen LogP contribution in [0.4, 0.5) is 8.78 Å². The van der Waals surface area contributed by atoms with Gasteiger partial charge < -0.3 is 16.2 Å². The molecule has 0 aliphatic carbocycles. The second-order valence-electron chi connectivity index (χ2n) is 3.50. The highest BCUT2D eigenvalue weighted by Gasteiger charge is 2.28. The first kappa shape index (κ1) is 14.2. The van der Waals surface area contributed by atoms with Crippen LogP contribution in [0.15, 0.2) is 0 Å². The number of rotatable bonds is 7. The van der Waals surface area contributed by atoms with E-state index in [1.54, 1.807) is 0 Å². The highest BCUT2D eigenvalue weighted by atomic mass is 19.3. The van der Waals surface area contributed by atoms with Gasteiger partial charge in [-0.1, -0.05) is 13.3 Å². The third kappa shape index (κ3) is 6.35. The number of carbonyl (C=O) groups is 1. The van der Waals surface area contributed by atoms with Crippen molar-refractivity contribution in [1.82, 2.24) is 5.32 Å². The van der Waals surface area contributed by atoms with Crippen molar-refractivity contribution in [3.8, 4) is 0 Å². The molecule has 0 heterocycles. The quantitative estimate of drug-likeness (QED) is 0.574. The molecule has 0 saturated heterocycles. The topological polar surface area (TPSA) is 75.4 Å². The minimum absolute atomic E-state index is 0.0211. The Hall–Kier alpha value is -0.750. The van der Waals surface area contributed by atoms with Crippen LogP contribution in [0.1, 0.15) is 19.8 Å². The van der Waals surface area contributed by atoms with Crippen LogP contribution >= 0.6 is 0 Å². The van der Waals surface area contributed by atoms with Gasteiger partial charge in [0.15, 0.2) is 0 Å². The van der Waals surface area contributed by atoms with Crippen molar-refractivity contribution in [2.45, 2.75) is 25.7 Å². The molecule has 0 fully saturated rings. The molecule has 4 nitrogen and oxygen atoms in total. The smallest absolute Gasteiger partial charge is 0.287 e. The molecule has 1 unspecified atom stereocenters. The van der Waals surface area contributed by atoms with E-state index in [1.807, 2.05) is 6.92 Å². The van der Waals surface area contributed by atoms with E-state index in [9.17, 15) is 13.6 Å². The molecule has 15 heavy (non-hydrogen) atoms. The maximum Gasteiger partial charge on any atom is 0.287 e. The van der Waals surface area contributed by atoms with Crippen LogP contribution in [0, 0.1) is 5.92 Å². The van der Waals surface area contributed by atoms with Crippen molar-refractivity contribution < 1.29 is 18.7 Å². The fraction of sp³-hybridized carbons (Fsp3) is 0.889. The molecule has 1 amide bonds. The van der Waals surface area contributed by atoms with E-state index < -0.39 is 25.0 Å². The summed E-state index contributed by atoms with van der Waals surface area (Å²) in [4.78, 5) is 11.2. The summed E-state index contributed by atoms with van der Waals surface area (Å²) in [5, 5.41) is 10.3. The van der Waals surface area contributed by atoms with E-state index in [4.69, 9.17) is 10.8 Å². The lowest BCUT2D eigenvalue weighted by molar-refractivity contribution is -0.124. The fourth-order valence-corrected chi connectivity index (χ4v) is 1.01. The van der Waals surface area contributed by atoms with Crippen LogP contribution in [-0.2, 0) is 4.79 Å². The number of amides is 1. The molecule has 0 saturated carbocycles. The van der Waals surface area contributed by atoms with Crippen LogP contribution in [0.3, 0.4) is 0 Å². The standard InChI is InChI=1S/C9H18F2N2O2/c1-2-7(4-12)3-8(15)13-5-9(10,11)6-14/h7,14H,2-6,12H2,1H3,(H,13,15). The number of halogens is 2. The highest BCUT2D eigenvalue weighted by Crippen LogP contribution is 2.10. The molecule has 0 aliphatic heterocycles. The number of aliphatic hydroxyl groups is 1. The van der Waals surface area contributed by atoms with Gasteiger partial charge in [-0.2, -0.15) is 0 Å². The minimum atomic E-state index is -3.25. The zero-order valence-electron chi connectivity index (χ0n) is 8.80. The molecule has 0 rings (SSSR count). The van der Waals surface area contributed by atoms with Crippen LogP contribution in [0.5, 0.6) is 0 Å². The second kappa shape index (κ2) is 6.68. The first-order valence-corrected chi connectivity index (χ1v) is 4.90. The lowest BCUT2D eigenvalue weighted by Gasteiger charge is -2.16. The molecule has 0 spiro atoms. The molecule has 4 N–H and O–H groups in total. The molecule has 0 aromatic rings. The summed E-state index contributed by atoms with van der Waals surface area (Å²) >= 11 is 0. The normalized spacial score (nSPS) is 13.7. The molecule has 0 aromatic carbocycles. The van der Waals surface area contributed by atoms with Crippen molar-refractivity contribution in [3.05, 3.63) is 0 Å². The average Bonchev–Trinajstić information content (AvgIpc) is 2.23. The van der Waals surface area contributed by atoms with Gasteiger partial charge in [-0.05, 0) is 12.5 Å². The van der Waals surface area contributed by atoms with Crippen LogP contribution in [-0.4, -0.2) is 36.6 Å². The molecule has 0 aliphatic rings. The molecular weight excluding hydrogens is 206 g/mol. The van der Waals surface area contributed by atoms with E-state index in [2.05, 4.69) is 5.32 Å². The number of hydrogen-bond donors (Lipinski definition) is 3. The zero-order chi connectivity index (χ0) is 11.9. The van der Waals surface area contributed by atoms with Crippen molar-refractivity contribution in [2.24, 2.45) is 11.7 Å². The Balaban J connectivity index is 3.84. The maximum absolute atomic E-state index is 12.5. The van der Waals surface area contributed by atoms with Gasteiger partial charge >= 0.3 is 0 Å². The Morgan fingerprint density at radius 2 is 2.20 bits per heavy atom. The van der Waals surface area contributed by atoms with Crippen molar-refractivity contribution in [3.63, 3.8) is 0 Å². The third-order valence-electron chi connectivity index (χ3n) is 2.16. The number of nitrogens with one attached hydrogen (secondary N) is 1. The number of hydrogen-bond acceptors (Lipinski definition) is 3. The predicted octanol–water partition coefficient (Wildman–Crippen LogP) is 0.105. The fourth-order valence-electron chi connectivity index (χ4n) is 1.01. The average molecular weight is 224 g/mol. The third-order valence-corrected chi connectivity index (χ3v) is 2.16. The van der Waals surface area contributed by atoms with E-state index in [1.165, 1.54) is 0 Å². The Labute approximate surface area is 87.8 Å². The minimum Gasteiger partial charge on any atom is -0.390 e. The lowest BCUT2D eigenvalue weighted by Crippen LogP contribution is -2.39. The summed E-state index contributed by atoms with van der Waals surface area (Å²) in [6.07, 6.45) is 0.884. The summed E-state index contributed by atoms with van der Waals surface area (Å²) in [6, 6.07) is 0. The van der Waals surface area contributed by atoms with Crippen molar-refractivity contribution >= 4 is 5.91 Å². The summed E-state index contributed by atoms with van der Waals surface area (Å²) in [5.41, 5.74) is 5.37. The summed E-state index contributed by atoms with van der Waals surface area (Å²) in [7, 11) is 0. The molecule has 0 bridgehead atoms. The summed E-state index contributed by atoms with van der Waals surface area (Å²) < 4.78 is 25.0. The van der Waals surface area contributed by atoms with Crippen LogP contribution in [0.25, 0.3) is 0 Å². The van der Waals surface area contributed by atoms with Crippen molar-refractivity contribution in [2.75, 3.05) is 19.7 Å². The number of aliphatic hydroxyl groups excluding tert-OH is 1. The number of carbonyl (C=O) groups excluding carboxylic acids is 1. The highest BCUT2D eigenvalue weighted by molar-refractivity contribution is 5.76. The lowest BCUT2D eigenvalue weighted by atomic mass is 10.0. The molecule has 1 atom stereocenters. The van der Waals surface area contributed by atoms with Gasteiger partial charge in [0.05, 0.1) is 6.54 Å². The van der Waals surface area contributed by atoms with Gasteiger partial charge in [0, 0.05) is 6.42 Å². The molecule has 6 heteroatoms. The molecular formula is C9H18F2N2O2. The van der Waals surface area contributed by atoms with Crippen molar-refractivity contribution in [1.29, 1.82) is 0 Å². The van der Waals surface area contributed by atoms with E-state index in [-0.39, 0.29) is 12.3 Å². The van der Waals surface area contributed by atoms with Gasteiger partial charge in [0.25, 0.3) is 5.92 Å². The monoisotopic (exact) mass is 224 g/mol. The Bertz CT molecular complexity index is 197. The Morgan fingerprint density at radius 1 is 1.60 bits per heavy atom. The largest absolute Gasteiger partial charge is 0.390 e. The van der Waals surface area contributed by atoms with Gasteiger partial charge in [-0.3, -0.25) is 4.79 Å². The first-order chi connectivity index (χ1) is 6.95. The number of alkyl halides is 2. The van der Waals surface area contributed by atoms with Crippen LogP contribution < -0.4 is 11.1 Å². The van der Waals surface area contributed by atoms with E-state index in [0.717, 1.165) is 6.42 Å². The Kier molecular flexibility index (Phi) is 6.35. The first-order valence-electron chi connectivity index (χ1n) is 4.90. The number of nitrogens with two attached hydrogens (primary N) is 1. The molecule has 90 valence electrons. The maximum atomic E-state index is 12.5. The van der Waals surface area contributed by atoms with E-state index >= 15 is 0 Å². The van der Waals surface area contributed by atoms with Gasteiger partial charge in [-0.25, -0.2) is 8.78 Å². The van der Waals surface area contributed by atoms with E-state index in [0.29, 0.717) is 6.54 Å². The van der Waals surface area contributed by atoms with Crippen LogP contribution in [0.2, 0.25) is 0 Å². The summed E-state index contributed by atoms with van der Waals surface area (Å²) in [6.45, 7) is 0.151. The Morgan fingerprint density at radius 3 is 2.60 bits per heavy atom. The summed E-state index contributed by atoms with van der Waals surface area (Å²) in [5.74, 6) is -3.69. The van der Waals surface area contributed by atoms with Gasteiger partial charge in [0.2, 0.25) is 5.91 Å².